The lowest BCUT2D eigenvalue weighted by atomic mass is 10.1. The van der Waals surface area contributed by atoms with Crippen LogP contribution >= 0.6 is 0 Å². The molecule has 0 bridgehead atoms. The fourth-order valence-corrected chi connectivity index (χ4v) is 5.27. The number of hydrogen-bond donors (Lipinski definition) is 2. The molecule has 0 atom stereocenters. The molecule has 2 aromatic heterocycles. The number of rotatable bonds is 10. The minimum Gasteiger partial charge on any atom is -0.492 e. The van der Waals surface area contributed by atoms with Gasteiger partial charge in [0, 0.05) is 36.9 Å². The van der Waals surface area contributed by atoms with E-state index >= 15 is 0 Å². The molecule has 0 unspecified atom stereocenters. The first-order valence-electron chi connectivity index (χ1n) is 15.5. The van der Waals surface area contributed by atoms with Gasteiger partial charge in [0.2, 0.25) is 5.95 Å². The van der Waals surface area contributed by atoms with Gasteiger partial charge in [0.15, 0.2) is 0 Å². The van der Waals surface area contributed by atoms with Crippen molar-refractivity contribution in [2.45, 2.75) is 46.8 Å². The molecule has 0 fully saturated rings. The lowest BCUT2D eigenvalue weighted by Gasteiger charge is -2.38. The molecule has 3 heterocycles. The first kappa shape index (κ1) is 34.1. The number of benzene rings is 2. The fourth-order valence-electron chi connectivity index (χ4n) is 5.27. The van der Waals surface area contributed by atoms with E-state index in [-0.39, 0.29) is 18.0 Å². The van der Waals surface area contributed by atoms with Crippen molar-refractivity contribution in [2.75, 3.05) is 55.5 Å². The Bertz CT molecular complexity index is 1740. The van der Waals surface area contributed by atoms with E-state index in [9.17, 15) is 14.7 Å². The summed E-state index contributed by atoms with van der Waals surface area (Å²) in [7, 11) is 3.99. The highest BCUT2D eigenvalue weighted by molar-refractivity contribution is 6.05. The number of pyridine rings is 1. The van der Waals surface area contributed by atoms with E-state index in [0.717, 1.165) is 34.9 Å². The summed E-state index contributed by atoms with van der Waals surface area (Å²) >= 11 is 0. The van der Waals surface area contributed by atoms with Gasteiger partial charge < -0.3 is 29.9 Å². The van der Waals surface area contributed by atoms with Crippen LogP contribution in [0, 0.1) is 6.92 Å². The molecule has 244 valence electrons. The number of carbonyl (C=O) groups excluding carboxylic acids is 1. The second-order valence-electron chi connectivity index (χ2n) is 11.8. The van der Waals surface area contributed by atoms with Crippen molar-refractivity contribution in [3.8, 4) is 5.75 Å². The molecule has 0 saturated heterocycles. The predicted molar refractivity (Wildman–Crippen MR) is 186 cm³/mol. The largest absolute Gasteiger partial charge is 0.492 e. The Kier molecular flexibility index (Phi) is 10.8. The Morgan fingerprint density at radius 3 is 2.50 bits per heavy atom. The molecule has 1 aliphatic heterocycles. The van der Waals surface area contributed by atoms with Gasteiger partial charge >= 0.3 is 0 Å². The van der Waals surface area contributed by atoms with Crippen LogP contribution in [0.15, 0.2) is 72.2 Å². The molecule has 11 nitrogen and oxygen atoms in total. The standard InChI is InChI=1S/C33H39N7O4.C2H6/c1-7-28(41)39-16-15-38(26-10-8-9-22(2)29(26)39)27-19-23-20-34-32(36-30(23)40(31(27)42)21-33(3,4)43)35-24-11-13-25(14-12-24)44-18-17-37(5)6;1-2/h7-14,19-20,43H,1,15-18,21H2,2-6H3,(H,34,35,36);1-2H3. The van der Waals surface area contributed by atoms with Crippen molar-refractivity contribution in [1.29, 1.82) is 0 Å². The summed E-state index contributed by atoms with van der Waals surface area (Å²) in [6.45, 7) is 15.1. The molecule has 46 heavy (non-hydrogen) atoms. The Morgan fingerprint density at radius 2 is 1.85 bits per heavy atom. The van der Waals surface area contributed by atoms with Crippen LogP contribution in [0.4, 0.5) is 28.7 Å². The van der Waals surface area contributed by atoms with Gasteiger partial charge in [0.1, 0.15) is 23.7 Å². The fraction of sp³-hybridized carbons (Fsp3) is 0.371. The highest BCUT2D eigenvalue weighted by Gasteiger charge is 2.30. The van der Waals surface area contributed by atoms with Crippen LogP contribution in [-0.2, 0) is 11.3 Å². The third-order valence-electron chi connectivity index (χ3n) is 7.33. The zero-order valence-corrected chi connectivity index (χ0v) is 27.9. The molecule has 4 aromatic rings. The summed E-state index contributed by atoms with van der Waals surface area (Å²) in [5.74, 6) is 0.876. The second-order valence-corrected chi connectivity index (χ2v) is 11.8. The molecule has 11 heteroatoms. The van der Waals surface area contributed by atoms with E-state index in [1.807, 2.05) is 82.2 Å². The summed E-state index contributed by atoms with van der Waals surface area (Å²) in [5.41, 5.74) is 2.45. The molecule has 0 spiro atoms. The molecular formula is C35H45N7O4. The summed E-state index contributed by atoms with van der Waals surface area (Å²) in [6, 6.07) is 15.0. The number of carbonyl (C=O) groups is 1. The summed E-state index contributed by atoms with van der Waals surface area (Å²) in [5, 5.41) is 14.6. The van der Waals surface area contributed by atoms with Gasteiger partial charge in [-0.1, -0.05) is 32.6 Å². The van der Waals surface area contributed by atoms with Gasteiger partial charge in [-0.05, 0) is 82.9 Å². The zero-order chi connectivity index (χ0) is 33.6. The van der Waals surface area contributed by atoms with E-state index in [4.69, 9.17) is 9.72 Å². The lowest BCUT2D eigenvalue weighted by molar-refractivity contribution is -0.114. The van der Waals surface area contributed by atoms with Crippen LogP contribution in [0.25, 0.3) is 11.0 Å². The van der Waals surface area contributed by atoms with Crippen LogP contribution < -0.4 is 25.4 Å². The molecular weight excluding hydrogens is 582 g/mol. The first-order valence-corrected chi connectivity index (χ1v) is 15.5. The van der Waals surface area contributed by atoms with Crippen LogP contribution in [0.5, 0.6) is 5.75 Å². The number of likely N-dealkylation sites (N-methyl/N-ethyl adjacent to an activating group) is 1. The van der Waals surface area contributed by atoms with Gasteiger partial charge in [-0.2, -0.15) is 4.98 Å². The average molecular weight is 628 g/mol. The molecule has 2 aromatic carbocycles. The number of para-hydroxylation sites is 1. The third-order valence-corrected chi connectivity index (χ3v) is 7.33. The average Bonchev–Trinajstić information content (AvgIpc) is 3.03. The van der Waals surface area contributed by atoms with E-state index < -0.39 is 5.60 Å². The van der Waals surface area contributed by atoms with Crippen molar-refractivity contribution in [1.82, 2.24) is 19.4 Å². The summed E-state index contributed by atoms with van der Waals surface area (Å²) in [6.07, 6.45) is 2.97. The van der Waals surface area contributed by atoms with Gasteiger partial charge in [-0.15, -0.1) is 0 Å². The first-order chi connectivity index (χ1) is 21.9. The zero-order valence-electron chi connectivity index (χ0n) is 27.9. The number of aromatic nitrogens is 3. The Hall–Kier alpha value is -4.74. The van der Waals surface area contributed by atoms with Crippen molar-refractivity contribution in [3.63, 3.8) is 0 Å². The number of aliphatic hydroxyl groups is 1. The molecule has 0 aliphatic carbocycles. The lowest BCUT2D eigenvalue weighted by Crippen LogP contribution is -2.44. The number of ether oxygens (including phenoxy) is 1. The third kappa shape index (κ3) is 7.72. The summed E-state index contributed by atoms with van der Waals surface area (Å²) in [4.78, 5) is 41.8. The van der Waals surface area contributed by atoms with Crippen LogP contribution in [0.2, 0.25) is 0 Å². The molecule has 1 amide bonds. The molecule has 5 rings (SSSR count). The second kappa shape index (κ2) is 14.6. The smallest absolute Gasteiger partial charge is 0.276 e. The Labute approximate surface area is 270 Å². The number of anilines is 5. The van der Waals surface area contributed by atoms with E-state index in [1.165, 1.54) is 10.6 Å². The van der Waals surface area contributed by atoms with Gasteiger partial charge in [0.05, 0.1) is 23.5 Å². The number of hydrogen-bond acceptors (Lipinski definition) is 9. The molecule has 2 N–H and O–H groups in total. The molecule has 1 aliphatic rings. The maximum absolute atomic E-state index is 14.2. The number of fused-ring (bicyclic) bond motifs is 2. The van der Waals surface area contributed by atoms with Gasteiger partial charge in [-0.3, -0.25) is 14.2 Å². The van der Waals surface area contributed by atoms with Crippen molar-refractivity contribution < 1.29 is 14.6 Å². The van der Waals surface area contributed by atoms with Crippen molar-refractivity contribution >= 4 is 45.6 Å². The molecule has 0 saturated carbocycles. The van der Waals surface area contributed by atoms with Crippen LogP contribution in [0.1, 0.15) is 33.3 Å². The van der Waals surface area contributed by atoms with Crippen LogP contribution in [0.3, 0.4) is 0 Å². The number of nitrogens with one attached hydrogen (secondary N) is 1. The SMILES string of the molecule is C=CC(=O)N1CCN(c2cc3cnc(Nc4ccc(OCCN(C)C)cc4)nc3n(CC(C)(C)O)c2=O)c2cccc(C)c21.CC. The van der Waals surface area contributed by atoms with Crippen LogP contribution in [-0.4, -0.2) is 76.4 Å². The van der Waals surface area contributed by atoms with E-state index in [0.29, 0.717) is 42.4 Å². The number of amides is 1. The van der Waals surface area contributed by atoms with Gasteiger partial charge in [-0.25, -0.2) is 4.98 Å². The molecule has 0 radical (unpaired) electrons. The van der Waals surface area contributed by atoms with E-state index in [1.54, 1.807) is 31.0 Å². The monoisotopic (exact) mass is 627 g/mol. The summed E-state index contributed by atoms with van der Waals surface area (Å²) < 4.78 is 7.27. The van der Waals surface area contributed by atoms with Crippen molar-refractivity contribution in [2.24, 2.45) is 0 Å². The topological polar surface area (TPSA) is 116 Å². The maximum atomic E-state index is 14.2. The van der Waals surface area contributed by atoms with Gasteiger partial charge in [0.25, 0.3) is 11.5 Å². The van der Waals surface area contributed by atoms with E-state index in [2.05, 4.69) is 21.8 Å². The maximum Gasteiger partial charge on any atom is 0.276 e. The highest BCUT2D eigenvalue weighted by Crippen LogP contribution is 2.39. The minimum atomic E-state index is -1.19. The highest BCUT2D eigenvalue weighted by atomic mass is 16.5. The normalized spacial score (nSPS) is 12.8. The quantitative estimate of drug-likeness (QED) is 0.228. The Balaban J connectivity index is 0.00000235. The predicted octanol–water partition coefficient (Wildman–Crippen LogP) is 5.25. The number of aryl methyl sites for hydroxylation is 1. The van der Waals surface area contributed by atoms with Crippen molar-refractivity contribution in [3.05, 3.63) is 83.3 Å². The number of nitrogens with zero attached hydrogens (tertiary/aromatic N) is 6. The minimum absolute atomic E-state index is 0.0151. The Morgan fingerprint density at radius 1 is 1.13 bits per heavy atom.